The Hall–Kier alpha value is -5.16. The van der Waals surface area contributed by atoms with Crippen LogP contribution in [0.1, 0.15) is 5.56 Å². The molecule has 7 rings (SSSR count). The second-order valence-electron chi connectivity index (χ2n) is 10.5. The maximum Gasteiger partial charge on any atom is 0.228 e. The Labute approximate surface area is 240 Å². The van der Waals surface area contributed by atoms with Gasteiger partial charge >= 0.3 is 0 Å². The van der Waals surface area contributed by atoms with Crippen molar-refractivity contribution in [3.05, 3.63) is 84.6 Å². The molecule has 11 heteroatoms. The quantitative estimate of drug-likeness (QED) is 0.271. The first kappa shape index (κ1) is 25.8. The summed E-state index contributed by atoms with van der Waals surface area (Å²) in [7, 11) is 2.12. The summed E-state index contributed by atoms with van der Waals surface area (Å²) in [5, 5.41) is 10.5. The van der Waals surface area contributed by atoms with Gasteiger partial charge in [-0.2, -0.15) is 5.10 Å². The first-order valence-corrected chi connectivity index (χ1v) is 13.8. The van der Waals surface area contributed by atoms with Crippen molar-refractivity contribution in [3.8, 4) is 22.6 Å². The van der Waals surface area contributed by atoms with Gasteiger partial charge in [0.05, 0.1) is 34.9 Å². The van der Waals surface area contributed by atoms with Gasteiger partial charge in [-0.15, -0.1) is 0 Å². The largest absolute Gasteiger partial charge is 0.367 e. The Kier molecular flexibility index (Phi) is 6.55. The average molecular weight is 562 g/mol. The monoisotopic (exact) mass is 561 g/mol. The molecule has 2 aromatic carbocycles. The molecule has 5 heterocycles. The Morgan fingerprint density at radius 1 is 1.05 bits per heavy atom. The summed E-state index contributed by atoms with van der Waals surface area (Å²) in [5.41, 5.74) is 5.54. The number of imidazole rings is 1. The van der Waals surface area contributed by atoms with E-state index in [9.17, 15) is 4.79 Å². The van der Waals surface area contributed by atoms with E-state index in [4.69, 9.17) is 0 Å². The number of nitrogens with one attached hydrogen (secondary N) is 3. The molecule has 0 bridgehead atoms. The van der Waals surface area contributed by atoms with Crippen LogP contribution in [-0.2, 0) is 11.2 Å². The zero-order valence-electron chi connectivity index (χ0n) is 22.9. The highest BCUT2D eigenvalue weighted by molar-refractivity contribution is 5.98. The number of nitrogens with zero attached hydrogens (tertiary/aromatic N) is 6. The zero-order chi connectivity index (χ0) is 28.6. The molecule has 0 unspecified atom stereocenters. The number of hydrogen-bond acceptors (Lipinski definition) is 7. The van der Waals surface area contributed by atoms with Crippen molar-refractivity contribution >= 4 is 39.3 Å². The van der Waals surface area contributed by atoms with Crippen molar-refractivity contribution in [3.63, 3.8) is 0 Å². The first-order valence-electron chi connectivity index (χ1n) is 13.8. The Balaban J connectivity index is 1.21. The minimum absolute atomic E-state index is 0.178. The van der Waals surface area contributed by atoms with E-state index in [1.807, 2.05) is 36.4 Å². The number of pyridine rings is 2. The molecule has 42 heavy (non-hydrogen) atoms. The fourth-order valence-electron chi connectivity index (χ4n) is 5.43. The number of rotatable bonds is 6. The van der Waals surface area contributed by atoms with Crippen LogP contribution in [0.5, 0.6) is 0 Å². The fraction of sp³-hybridized carbons (Fsp3) is 0.194. The maximum absolute atomic E-state index is 16.2. The number of piperazine rings is 1. The van der Waals surface area contributed by atoms with Crippen molar-refractivity contribution in [2.24, 2.45) is 0 Å². The lowest BCUT2D eigenvalue weighted by Crippen LogP contribution is -2.44. The smallest absolute Gasteiger partial charge is 0.228 e. The van der Waals surface area contributed by atoms with Crippen LogP contribution in [0.15, 0.2) is 73.2 Å². The summed E-state index contributed by atoms with van der Waals surface area (Å²) in [6.45, 7) is 3.73. The lowest BCUT2D eigenvalue weighted by molar-refractivity contribution is -0.115. The van der Waals surface area contributed by atoms with Crippen LogP contribution in [0, 0.1) is 5.82 Å². The normalized spacial score (nSPS) is 14.1. The van der Waals surface area contributed by atoms with E-state index in [0.717, 1.165) is 42.9 Å². The maximum atomic E-state index is 16.2. The van der Waals surface area contributed by atoms with Crippen molar-refractivity contribution in [2.45, 2.75) is 6.42 Å². The zero-order valence-corrected chi connectivity index (χ0v) is 22.9. The standard InChI is InChI=1S/C31H28FN9O/c1-40-11-13-41(14-12-40)24-9-10-34-30-28(24)36-31(37-30)29-26-23(38-39-29)8-7-22(27(26)32)20-16-21(18-33-17-20)35-25(42)15-19-5-3-2-4-6-19/h2-10,16-18H,11-15H2,1H3,(H,35,42)(H,38,39)(H,34,36,37). The lowest BCUT2D eigenvalue weighted by Gasteiger charge is -2.34. The van der Waals surface area contributed by atoms with Gasteiger partial charge in [-0.25, -0.2) is 14.4 Å². The van der Waals surface area contributed by atoms with E-state index >= 15 is 4.39 Å². The molecule has 4 aromatic heterocycles. The molecule has 10 nitrogen and oxygen atoms in total. The van der Waals surface area contributed by atoms with Crippen molar-refractivity contribution < 1.29 is 9.18 Å². The Morgan fingerprint density at radius 3 is 2.71 bits per heavy atom. The molecule has 0 atom stereocenters. The molecule has 6 aromatic rings. The number of hydrogen-bond donors (Lipinski definition) is 3. The van der Waals surface area contributed by atoms with Crippen LogP contribution in [0.25, 0.3) is 44.7 Å². The van der Waals surface area contributed by atoms with Gasteiger partial charge in [-0.05, 0) is 36.9 Å². The van der Waals surface area contributed by atoms with Crippen LogP contribution in [0.3, 0.4) is 0 Å². The third-order valence-corrected chi connectivity index (χ3v) is 7.65. The van der Waals surface area contributed by atoms with E-state index < -0.39 is 5.82 Å². The predicted octanol–water partition coefficient (Wildman–Crippen LogP) is 4.64. The number of aromatic nitrogens is 6. The minimum Gasteiger partial charge on any atom is -0.367 e. The molecule has 3 N–H and O–H groups in total. The van der Waals surface area contributed by atoms with Crippen molar-refractivity contribution in [1.82, 2.24) is 35.0 Å². The number of H-pyrrole nitrogens is 2. The molecule has 0 saturated carbocycles. The van der Waals surface area contributed by atoms with E-state index in [1.54, 1.807) is 36.8 Å². The van der Waals surface area contributed by atoms with Crippen LogP contribution in [-0.4, -0.2) is 74.2 Å². The third kappa shape index (κ3) is 4.83. The molecular formula is C31H28FN9O. The topological polar surface area (TPSA) is 119 Å². The molecule has 1 aliphatic heterocycles. The minimum atomic E-state index is -0.460. The number of carbonyl (C=O) groups is 1. The average Bonchev–Trinajstić information content (AvgIpc) is 3.63. The molecule has 1 amide bonds. The Morgan fingerprint density at radius 2 is 1.88 bits per heavy atom. The second kappa shape index (κ2) is 10.7. The van der Waals surface area contributed by atoms with E-state index in [0.29, 0.717) is 44.9 Å². The second-order valence-corrected chi connectivity index (χ2v) is 10.5. The fourth-order valence-corrected chi connectivity index (χ4v) is 5.43. The summed E-state index contributed by atoms with van der Waals surface area (Å²) >= 11 is 0. The van der Waals surface area contributed by atoms with Gasteiger partial charge in [0.25, 0.3) is 0 Å². The molecule has 1 saturated heterocycles. The Bertz CT molecular complexity index is 1910. The van der Waals surface area contributed by atoms with Gasteiger partial charge in [0.15, 0.2) is 11.5 Å². The van der Waals surface area contributed by atoms with Crippen molar-refractivity contribution in [1.29, 1.82) is 0 Å². The summed E-state index contributed by atoms with van der Waals surface area (Å²) in [5.74, 6) is -0.206. The van der Waals surface area contributed by atoms with Crippen LogP contribution in [0.2, 0.25) is 0 Å². The van der Waals surface area contributed by atoms with Gasteiger partial charge in [-0.3, -0.25) is 14.9 Å². The summed E-state index contributed by atoms with van der Waals surface area (Å²) in [6, 6.07) is 16.6. The molecule has 1 fully saturated rings. The molecule has 0 spiro atoms. The summed E-state index contributed by atoms with van der Waals surface area (Å²) in [6.07, 6.45) is 5.10. The number of fused-ring (bicyclic) bond motifs is 2. The number of carbonyl (C=O) groups excluding carboxylic acids is 1. The predicted molar refractivity (Wildman–Crippen MR) is 161 cm³/mol. The molecule has 0 radical (unpaired) electrons. The van der Waals surface area contributed by atoms with Gasteiger partial charge in [0.1, 0.15) is 17.0 Å². The lowest BCUT2D eigenvalue weighted by atomic mass is 10.0. The highest BCUT2D eigenvalue weighted by Gasteiger charge is 2.22. The molecule has 0 aliphatic carbocycles. The van der Waals surface area contributed by atoms with Gasteiger partial charge in [-0.1, -0.05) is 30.3 Å². The molecular weight excluding hydrogens is 533 g/mol. The number of halogens is 1. The highest BCUT2D eigenvalue weighted by Crippen LogP contribution is 2.35. The summed E-state index contributed by atoms with van der Waals surface area (Å²) < 4.78 is 16.2. The number of amides is 1. The number of likely N-dealkylation sites (N-methyl/N-ethyl adjacent to an activating group) is 1. The van der Waals surface area contributed by atoms with Gasteiger partial charge in [0.2, 0.25) is 5.91 Å². The van der Waals surface area contributed by atoms with E-state index in [2.05, 4.69) is 52.3 Å². The van der Waals surface area contributed by atoms with Crippen LogP contribution >= 0.6 is 0 Å². The van der Waals surface area contributed by atoms with Crippen LogP contribution < -0.4 is 10.2 Å². The molecule has 1 aliphatic rings. The summed E-state index contributed by atoms with van der Waals surface area (Å²) in [4.78, 5) is 34.0. The number of anilines is 2. The van der Waals surface area contributed by atoms with Gasteiger partial charge in [0, 0.05) is 49.7 Å². The van der Waals surface area contributed by atoms with Gasteiger partial charge < -0.3 is 20.1 Å². The third-order valence-electron chi connectivity index (χ3n) is 7.65. The SMILES string of the molecule is CN1CCN(c2ccnc3nc(-c4n[nH]c5ccc(-c6cncc(NC(=O)Cc7ccccc7)c6)c(F)c45)[nH]c23)CC1. The van der Waals surface area contributed by atoms with E-state index in [1.165, 1.54) is 0 Å². The highest BCUT2D eigenvalue weighted by atomic mass is 19.1. The number of benzene rings is 2. The first-order chi connectivity index (χ1) is 20.5. The van der Waals surface area contributed by atoms with E-state index in [-0.39, 0.29) is 12.3 Å². The molecule has 210 valence electrons. The van der Waals surface area contributed by atoms with Crippen molar-refractivity contribution in [2.75, 3.05) is 43.4 Å². The number of aromatic amines is 2. The van der Waals surface area contributed by atoms with Crippen LogP contribution in [0.4, 0.5) is 15.8 Å².